The summed E-state index contributed by atoms with van der Waals surface area (Å²) in [7, 11) is 1.75. The summed E-state index contributed by atoms with van der Waals surface area (Å²) in [4.78, 5) is 0. The van der Waals surface area contributed by atoms with Gasteiger partial charge >= 0.3 is 0 Å². The molecule has 0 aliphatic heterocycles. The first-order valence-electron chi connectivity index (χ1n) is 6.48. The van der Waals surface area contributed by atoms with E-state index in [1.54, 1.807) is 7.11 Å². The predicted molar refractivity (Wildman–Crippen MR) is 73.9 cm³/mol. The fourth-order valence-corrected chi connectivity index (χ4v) is 4.93. The molecule has 2 aliphatic carbocycles. The number of fused-ring (bicyclic) bond motifs is 2. The van der Waals surface area contributed by atoms with Crippen molar-refractivity contribution in [1.29, 1.82) is 0 Å². The molecule has 17 heavy (non-hydrogen) atoms. The summed E-state index contributed by atoms with van der Waals surface area (Å²) >= 11 is 2.07. The molecule has 0 radical (unpaired) electrons. The van der Waals surface area contributed by atoms with E-state index >= 15 is 0 Å². The van der Waals surface area contributed by atoms with Crippen molar-refractivity contribution in [3.05, 3.63) is 29.8 Å². The molecule has 1 aromatic carbocycles. The number of methoxy groups -OCH3 is 1. The SMILES string of the molecule is COc1cccc([C@H]2C[C@@H]3C[C@H]2[C@H](SC)C3)c1. The Morgan fingerprint density at radius 1 is 1.24 bits per heavy atom. The highest BCUT2D eigenvalue weighted by Crippen LogP contribution is 2.56. The zero-order valence-electron chi connectivity index (χ0n) is 10.6. The second-order valence-corrected chi connectivity index (χ2v) is 6.47. The smallest absolute Gasteiger partial charge is 0.119 e. The molecule has 0 unspecified atom stereocenters. The van der Waals surface area contributed by atoms with Crippen LogP contribution in [-0.2, 0) is 0 Å². The predicted octanol–water partition coefficient (Wildman–Crippen LogP) is 3.94. The zero-order valence-corrected chi connectivity index (χ0v) is 11.4. The van der Waals surface area contributed by atoms with Gasteiger partial charge in [0.15, 0.2) is 0 Å². The van der Waals surface area contributed by atoms with Crippen LogP contribution in [0, 0.1) is 11.8 Å². The van der Waals surface area contributed by atoms with Crippen LogP contribution in [0.4, 0.5) is 0 Å². The lowest BCUT2D eigenvalue weighted by Crippen LogP contribution is -2.20. The van der Waals surface area contributed by atoms with E-state index in [-0.39, 0.29) is 0 Å². The van der Waals surface area contributed by atoms with E-state index in [1.807, 2.05) is 6.07 Å². The standard InChI is InChI=1S/C15H20OS/c1-16-12-5-3-4-11(9-12)13-6-10-7-14(13)15(8-10)17-2/h3-5,9-10,13-15H,6-8H2,1-2H3/t10-,13-,14-,15-/m1/s1. The highest BCUT2D eigenvalue weighted by molar-refractivity contribution is 7.99. The molecule has 2 bridgehead atoms. The number of thioether (sulfide) groups is 1. The van der Waals surface area contributed by atoms with Crippen molar-refractivity contribution in [3.8, 4) is 5.75 Å². The van der Waals surface area contributed by atoms with Crippen molar-refractivity contribution >= 4 is 11.8 Å². The van der Waals surface area contributed by atoms with E-state index in [2.05, 4.69) is 36.2 Å². The monoisotopic (exact) mass is 248 g/mol. The summed E-state index contributed by atoms with van der Waals surface area (Å²) in [5.41, 5.74) is 1.50. The molecular formula is C15H20OS. The van der Waals surface area contributed by atoms with Crippen LogP contribution < -0.4 is 4.74 Å². The first-order chi connectivity index (χ1) is 8.31. The minimum absolute atomic E-state index is 0.779. The topological polar surface area (TPSA) is 9.23 Å². The summed E-state index contributed by atoms with van der Waals surface area (Å²) in [6.45, 7) is 0. The van der Waals surface area contributed by atoms with E-state index in [0.717, 1.165) is 28.8 Å². The Kier molecular flexibility index (Phi) is 3.08. The average molecular weight is 248 g/mol. The van der Waals surface area contributed by atoms with Gasteiger partial charge in [-0.1, -0.05) is 12.1 Å². The van der Waals surface area contributed by atoms with Gasteiger partial charge in [-0.15, -0.1) is 0 Å². The fraction of sp³-hybridized carbons (Fsp3) is 0.600. The Hall–Kier alpha value is -0.630. The largest absolute Gasteiger partial charge is 0.497 e. The Morgan fingerprint density at radius 3 is 2.82 bits per heavy atom. The molecular weight excluding hydrogens is 228 g/mol. The normalized spacial score (nSPS) is 35.2. The van der Waals surface area contributed by atoms with Crippen molar-refractivity contribution in [2.75, 3.05) is 13.4 Å². The van der Waals surface area contributed by atoms with Gasteiger partial charge in [-0.3, -0.25) is 0 Å². The van der Waals surface area contributed by atoms with Crippen LogP contribution in [0.25, 0.3) is 0 Å². The lowest BCUT2D eigenvalue weighted by atomic mass is 9.83. The van der Waals surface area contributed by atoms with Crippen molar-refractivity contribution in [2.24, 2.45) is 11.8 Å². The van der Waals surface area contributed by atoms with Crippen molar-refractivity contribution in [2.45, 2.75) is 30.4 Å². The minimum atomic E-state index is 0.779. The lowest BCUT2D eigenvalue weighted by Gasteiger charge is -2.28. The molecule has 3 rings (SSSR count). The molecule has 2 aliphatic rings. The van der Waals surface area contributed by atoms with Gasteiger partial charge in [-0.25, -0.2) is 0 Å². The summed E-state index contributed by atoms with van der Waals surface area (Å²) in [5, 5.41) is 0.893. The Balaban J connectivity index is 1.85. The summed E-state index contributed by atoms with van der Waals surface area (Å²) < 4.78 is 5.34. The molecule has 2 heteroatoms. The summed E-state index contributed by atoms with van der Waals surface area (Å²) in [6, 6.07) is 8.70. The second kappa shape index (κ2) is 4.56. The molecule has 1 aromatic rings. The first kappa shape index (κ1) is 11.5. The Labute approximate surface area is 108 Å². The molecule has 92 valence electrons. The zero-order chi connectivity index (χ0) is 11.8. The number of rotatable bonds is 3. The van der Waals surface area contributed by atoms with Crippen LogP contribution in [0.3, 0.4) is 0 Å². The van der Waals surface area contributed by atoms with Crippen LogP contribution >= 0.6 is 11.8 Å². The molecule has 0 spiro atoms. The maximum Gasteiger partial charge on any atom is 0.119 e. The van der Waals surface area contributed by atoms with Crippen molar-refractivity contribution in [3.63, 3.8) is 0 Å². The fourth-order valence-electron chi connectivity index (χ4n) is 3.81. The molecule has 0 amide bonds. The van der Waals surface area contributed by atoms with Gasteiger partial charge in [-0.05, 0) is 61.0 Å². The van der Waals surface area contributed by atoms with Crippen molar-refractivity contribution < 1.29 is 4.74 Å². The third-order valence-electron chi connectivity index (χ3n) is 4.58. The average Bonchev–Trinajstić information content (AvgIpc) is 2.98. The van der Waals surface area contributed by atoms with E-state index in [9.17, 15) is 0 Å². The Morgan fingerprint density at radius 2 is 2.12 bits per heavy atom. The molecule has 2 saturated carbocycles. The molecule has 0 N–H and O–H groups in total. The van der Waals surface area contributed by atoms with Crippen LogP contribution in [0.5, 0.6) is 5.75 Å². The highest BCUT2D eigenvalue weighted by atomic mass is 32.2. The summed E-state index contributed by atoms with van der Waals surface area (Å²) in [5.74, 6) is 3.67. The minimum Gasteiger partial charge on any atom is -0.497 e. The molecule has 0 aromatic heterocycles. The van der Waals surface area contributed by atoms with E-state index in [4.69, 9.17) is 4.74 Å². The van der Waals surface area contributed by atoms with Gasteiger partial charge in [-0.2, -0.15) is 11.8 Å². The third-order valence-corrected chi connectivity index (χ3v) is 5.73. The first-order valence-corrected chi connectivity index (χ1v) is 7.77. The second-order valence-electron chi connectivity index (χ2n) is 5.39. The number of hydrogen-bond donors (Lipinski definition) is 0. The lowest BCUT2D eigenvalue weighted by molar-refractivity contribution is 0.407. The number of hydrogen-bond acceptors (Lipinski definition) is 2. The van der Waals surface area contributed by atoms with Crippen LogP contribution in [0.2, 0.25) is 0 Å². The van der Waals surface area contributed by atoms with Gasteiger partial charge in [0.2, 0.25) is 0 Å². The van der Waals surface area contributed by atoms with Gasteiger partial charge in [0, 0.05) is 5.25 Å². The van der Waals surface area contributed by atoms with Crippen LogP contribution in [-0.4, -0.2) is 18.6 Å². The van der Waals surface area contributed by atoms with E-state index in [1.165, 1.54) is 24.8 Å². The van der Waals surface area contributed by atoms with Gasteiger partial charge in [0.1, 0.15) is 5.75 Å². The van der Waals surface area contributed by atoms with Gasteiger partial charge < -0.3 is 4.74 Å². The Bertz CT molecular complexity index is 404. The van der Waals surface area contributed by atoms with E-state index in [0.29, 0.717) is 0 Å². The van der Waals surface area contributed by atoms with E-state index < -0.39 is 0 Å². The molecule has 1 nitrogen and oxygen atoms in total. The van der Waals surface area contributed by atoms with Crippen molar-refractivity contribution in [1.82, 2.24) is 0 Å². The van der Waals surface area contributed by atoms with Gasteiger partial charge in [0.25, 0.3) is 0 Å². The maximum absolute atomic E-state index is 5.34. The molecule has 4 atom stereocenters. The maximum atomic E-state index is 5.34. The third kappa shape index (κ3) is 1.97. The van der Waals surface area contributed by atoms with Crippen LogP contribution in [0.15, 0.2) is 24.3 Å². The quantitative estimate of drug-likeness (QED) is 0.801. The molecule has 2 fully saturated rings. The van der Waals surface area contributed by atoms with Gasteiger partial charge in [0.05, 0.1) is 7.11 Å². The summed E-state index contributed by atoms with van der Waals surface area (Å²) in [6.07, 6.45) is 6.57. The number of ether oxygens (including phenoxy) is 1. The molecule has 0 heterocycles. The molecule has 0 saturated heterocycles. The van der Waals surface area contributed by atoms with Crippen LogP contribution in [0.1, 0.15) is 30.7 Å². The number of benzene rings is 1. The highest BCUT2D eigenvalue weighted by Gasteiger charge is 2.46.